The van der Waals surface area contributed by atoms with E-state index >= 15 is 0 Å². The molecule has 0 N–H and O–H groups in total. The monoisotopic (exact) mass is 248 g/mol. The SMILES string of the molecule is CC.CC.CCC.CCCCC.CCCCC. The zero-order valence-corrected chi connectivity index (χ0v) is 14.9. The van der Waals surface area contributed by atoms with E-state index in [1.807, 2.05) is 27.7 Å². The Kier molecular flexibility index (Phi) is 131. The van der Waals surface area contributed by atoms with Crippen LogP contribution in [0.3, 0.4) is 0 Å². The van der Waals surface area contributed by atoms with Crippen molar-refractivity contribution < 1.29 is 0 Å². The van der Waals surface area contributed by atoms with E-state index in [0.717, 1.165) is 0 Å². The molecule has 0 nitrogen and oxygen atoms in total. The van der Waals surface area contributed by atoms with Gasteiger partial charge in [-0.1, -0.05) is 114 Å². The fourth-order valence-corrected chi connectivity index (χ4v) is 0.707. The fourth-order valence-electron chi connectivity index (χ4n) is 0.707. The Morgan fingerprint density at radius 3 is 0.529 bits per heavy atom. The summed E-state index contributed by atoms with van der Waals surface area (Å²) in [5.41, 5.74) is 0. The Balaban J connectivity index is -0.0000000377. The third kappa shape index (κ3) is 196. The van der Waals surface area contributed by atoms with Gasteiger partial charge in [-0.05, 0) is 0 Å². The number of unbranched alkanes of at least 4 members (excludes halogenated alkanes) is 4. The summed E-state index contributed by atoms with van der Waals surface area (Å²) in [4.78, 5) is 0. The maximum atomic E-state index is 2.21. The summed E-state index contributed by atoms with van der Waals surface area (Å²) in [5.74, 6) is 0. The van der Waals surface area contributed by atoms with Crippen molar-refractivity contribution in [2.75, 3.05) is 0 Å². The predicted octanol–water partition coefficient (Wildman–Crippen LogP) is 7.86. The van der Waals surface area contributed by atoms with E-state index in [1.54, 1.807) is 0 Å². The molecule has 0 aromatic rings. The van der Waals surface area contributed by atoms with Crippen LogP contribution in [-0.2, 0) is 0 Å². The van der Waals surface area contributed by atoms with Gasteiger partial charge in [-0.3, -0.25) is 0 Å². The number of hydrogen-bond acceptors (Lipinski definition) is 0. The van der Waals surface area contributed by atoms with Crippen LogP contribution in [0.25, 0.3) is 0 Å². The number of hydrogen-bond donors (Lipinski definition) is 0. The standard InChI is InChI=1S/2C5H12.C3H8.2C2H6/c2*1-3-5-4-2;1-3-2;2*1-2/h2*3-5H2,1-2H3;3H2,1-2H3;2*1-2H3. The van der Waals surface area contributed by atoms with Crippen molar-refractivity contribution in [2.45, 2.75) is 114 Å². The lowest BCUT2D eigenvalue weighted by molar-refractivity contribution is 0.772. The smallest absolute Gasteiger partial charge is 0.0538 e. The fraction of sp³-hybridized carbons (Fsp3) is 1.00. The lowest BCUT2D eigenvalue weighted by Crippen LogP contribution is -1.59. The van der Waals surface area contributed by atoms with Gasteiger partial charge in [0.2, 0.25) is 0 Å². The molecule has 0 heterocycles. The van der Waals surface area contributed by atoms with E-state index in [2.05, 4.69) is 41.5 Å². The molecule has 0 unspecified atom stereocenters. The van der Waals surface area contributed by atoms with E-state index in [9.17, 15) is 0 Å². The molecule has 0 saturated heterocycles. The quantitative estimate of drug-likeness (QED) is 0.475. The molecule has 0 amide bonds. The van der Waals surface area contributed by atoms with Crippen LogP contribution in [0.15, 0.2) is 0 Å². The van der Waals surface area contributed by atoms with Crippen LogP contribution in [0.5, 0.6) is 0 Å². The highest BCUT2D eigenvalue weighted by molar-refractivity contribution is 4.24. The van der Waals surface area contributed by atoms with E-state index in [1.165, 1.54) is 44.9 Å². The first-order valence-electron chi connectivity index (χ1n) is 8.24. The van der Waals surface area contributed by atoms with Crippen LogP contribution >= 0.6 is 0 Å². The van der Waals surface area contributed by atoms with Crippen LogP contribution in [0.2, 0.25) is 0 Å². The topological polar surface area (TPSA) is 0 Å². The largest absolute Gasteiger partial charge is 0.0683 e. The van der Waals surface area contributed by atoms with E-state index in [0.29, 0.717) is 0 Å². The molecule has 0 bridgehead atoms. The Labute approximate surface area is 115 Å². The van der Waals surface area contributed by atoms with E-state index < -0.39 is 0 Å². The highest BCUT2D eigenvalue weighted by atomic mass is 13.7. The second-order valence-corrected chi connectivity index (χ2v) is 3.41. The molecule has 0 aromatic heterocycles. The second-order valence-electron chi connectivity index (χ2n) is 3.41. The third-order valence-corrected chi connectivity index (χ3v) is 1.41. The van der Waals surface area contributed by atoms with Gasteiger partial charge in [0.05, 0.1) is 0 Å². The van der Waals surface area contributed by atoms with Crippen LogP contribution in [0.1, 0.15) is 114 Å². The minimum atomic E-state index is 1.25. The molecular formula is C17H44. The summed E-state index contributed by atoms with van der Waals surface area (Å²) < 4.78 is 0. The molecule has 0 aliphatic carbocycles. The molecule has 112 valence electrons. The molecule has 17 heavy (non-hydrogen) atoms. The number of rotatable bonds is 4. The van der Waals surface area contributed by atoms with Gasteiger partial charge in [0.15, 0.2) is 0 Å². The Morgan fingerprint density at radius 2 is 0.529 bits per heavy atom. The lowest BCUT2D eigenvalue weighted by Gasteiger charge is -1.79. The zero-order valence-electron chi connectivity index (χ0n) is 14.9. The van der Waals surface area contributed by atoms with Gasteiger partial charge in [-0.15, -0.1) is 0 Å². The van der Waals surface area contributed by atoms with E-state index in [4.69, 9.17) is 0 Å². The summed E-state index contributed by atoms with van der Waals surface area (Å²) in [5, 5.41) is 0. The minimum absolute atomic E-state index is 1.25. The Morgan fingerprint density at radius 1 is 0.412 bits per heavy atom. The van der Waals surface area contributed by atoms with Crippen molar-refractivity contribution in [1.82, 2.24) is 0 Å². The van der Waals surface area contributed by atoms with Gasteiger partial charge in [0.25, 0.3) is 0 Å². The van der Waals surface area contributed by atoms with Crippen LogP contribution < -0.4 is 0 Å². The molecule has 0 radical (unpaired) electrons. The third-order valence-electron chi connectivity index (χ3n) is 1.41. The normalized spacial score (nSPS) is 6.71. The lowest BCUT2D eigenvalue weighted by atomic mass is 10.3. The van der Waals surface area contributed by atoms with Crippen LogP contribution in [0, 0.1) is 0 Å². The first kappa shape index (κ1) is 30.2. The summed E-state index contributed by atoms with van der Waals surface area (Å²) in [6, 6.07) is 0. The van der Waals surface area contributed by atoms with Gasteiger partial charge < -0.3 is 0 Å². The summed E-state index contributed by atoms with van der Waals surface area (Å²) in [6.07, 6.45) is 9.40. The first-order valence-corrected chi connectivity index (χ1v) is 8.24. The highest BCUT2D eigenvalue weighted by Gasteiger charge is 1.68. The summed E-state index contributed by atoms with van der Waals surface area (Å²) in [7, 11) is 0. The first-order chi connectivity index (χ1) is 8.24. The second kappa shape index (κ2) is 73.5. The van der Waals surface area contributed by atoms with Crippen LogP contribution in [0.4, 0.5) is 0 Å². The van der Waals surface area contributed by atoms with Crippen molar-refractivity contribution in [3.8, 4) is 0 Å². The molecule has 0 heteroatoms. The average molecular weight is 249 g/mol. The van der Waals surface area contributed by atoms with Gasteiger partial charge in [0, 0.05) is 0 Å². The maximum absolute atomic E-state index is 2.21. The molecule has 0 aliphatic rings. The predicted molar refractivity (Wildman–Crippen MR) is 89.1 cm³/mol. The molecule has 0 fully saturated rings. The van der Waals surface area contributed by atoms with E-state index in [-0.39, 0.29) is 0 Å². The Hall–Kier alpha value is 0. The summed E-state index contributed by atoms with van der Waals surface area (Å²) >= 11 is 0. The van der Waals surface area contributed by atoms with Gasteiger partial charge in [-0.25, -0.2) is 0 Å². The van der Waals surface area contributed by atoms with Crippen molar-refractivity contribution >= 4 is 0 Å². The van der Waals surface area contributed by atoms with Crippen molar-refractivity contribution in [1.29, 1.82) is 0 Å². The molecule has 0 spiro atoms. The maximum Gasteiger partial charge on any atom is -0.0538 e. The molecular weight excluding hydrogens is 204 g/mol. The molecule has 0 rings (SSSR count). The summed E-state index contributed by atoms with van der Waals surface area (Å²) in [6.45, 7) is 21.1. The Bertz CT molecular complexity index is 29.3. The van der Waals surface area contributed by atoms with Crippen LogP contribution in [-0.4, -0.2) is 0 Å². The van der Waals surface area contributed by atoms with Crippen molar-refractivity contribution in [3.63, 3.8) is 0 Å². The molecule has 0 saturated carbocycles. The van der Waals surface area contributed by atoms with Crippen molar-refractivity contribution in [3.05, 3.63) is 0 Å². The average Bonchev–Trinajstić information content (AvgIpc) is 2.38. The molecule has 0 aromatic carbocycles. The molecule has 0 atom stereocenters. The van der Waals surface area contributed by atoms with Crippen molar-refractivity contribution in [2.24, 2.45) is 0 Å². The molecule has 0 aliphatic heterocycles. The van der Waals surface area contributed by atoms with Gasteiger partial charge in [-0.2, -0.15) is 0 Å². The zero-order chi connectivity index (χ0) is 14.9. The van der Waals surface area contributed by atoms with Gasteiger partial charge >= 0.3 is 0 Å². The van der Waals surface area contributed by atoms with Gasteiger partial charge in [0.1, 0.15) is 0 Å². The minimum Gasteiger partial charge on any atom is -0.0683 e. The highest BCUT2D eigenvalue weighted by Crippen LogP contribution is 1.88.